The zero-order valence-electron chi connectivity index (χ0n) is 45.3. The molecule has 0 bridgehead atoms. The van der Waals surface area contributed by atoms with Gasteiger partial charge >= 0.3 is 0 Å². The van der Waals surface area contributed by atoms with Crippen LogP contribution in [0, 0.1) is 0 Å². The average molecular weight is 669 g/mol. The van der Waals surface area contributed by atoms with Crippen LogP contribution in [0.15, 0.2) is 188 Å². The number of benzene rings is 8. The van der Waals surface area contributed by atoms with E-state index in [1.54, 1.807) is 12.1 Å². The fourth-order valence-corrected chi connectivity index (χ4v) is 7.14. The summed E-state index contributed by atoms with van der Waals surface area (Å²) in [7, 11) is 0. The van der Waals surface area contributed by atoms with Gasteiger partial charge in [-0.3, -0.25) is 0 Å². The SMILES string of the molecule is [2H]c1c([2H])c([2H])c(-n2c3c([2H])c([2H])c([2H])c([2H])c3c3c([2H])c(-c4c([2H])c([2H])c5c(c4[2H])c4c([2H])c([2H])c([2H])c([2H])c4n5-c4cccc5c4c4ccccc4n5-c4ccccc4)c([2H])c([2H])c32)c([2H])c1[2H]. The third-order valence-corrected chi connectivity index (χ3v) is 9.21. The second kappa shape index (κ2) is 10.8. The molecule has 3 nitrogen and oxygen atoms in total. The van der Waals surface area contributed by atoms with E-state index in [-0.39, 0.29) is 21.8 Å². The average Bonchev–Trinajstić information content (AvgIpc) is 4.02. The molecule has 8 aromatic carbocycles. The molecule has 3 heteroatoms. The minimum atomic E-state index is -0.853. The summed E-state index contributed by atoms with van der Waals surface area (Å²) >= 11 is 0. The highest BCUT2D eigenvalue weighted by Gasteiger charge is 2.20. The molecule has 51 heavy (non-hydrogen) atoms. The molecule has 0 unspecified atom stereocenters. The van der Waals surface area contributed by atoms with Crippen molar-refractivity contribution in [3.63, 3.8) is 0 Å². The number of rotatable bonds is 4. The summed E-state index contributed by atoms with van der Waals surface area (Å²) in [6, 6.07) is 8.52. The fourth-order valence-electron chi connectivity index (χ4n) is 7.14. The maximum Gasteiger partial charge on any atom is 0.0645 e. The molecule has 0 radical (unpaired) electrons. The lowest BCUT2D eigenvalue weighted by Gasteiger charge is -2.12. The van der Waals surface area contributed by atoms with E-state index in [1.165, 1.54) is 4.57 Å². The van der Waals surface area contributed by atoms with Crippen LogP contribution < -0.4 is 0 Å². The van der Waals surface area contributed by atoms with Crippen molar-refractivity contribution in [3.05, 3.63) is 188 Å². The van der Waals surface area contributed by atoms with Crippen molar-refractivity contribution in [2.75, 3.05) is 0 Å². The number of aromatic nitrogens is 3. The molecule has 3 heterocycles. The van der Waals surface area contributed by atoms with Gasteiger partial charge in [0.15, 0.2) is 0 Å². The van der Waals surface area contributed by atoms with Crippen LogP contribution >= 0.6 is 0 Å². The standard InChI is InChI=1S/C48H31N3/c1-3-14-34(15-4-1)49-41-21-10-7-18-36(41)39-30-32(26-28-44(39)49)33-27-29-45-40(31-33)37-19-8-11-22-42(37)51(45)47-25-13-24-46-48(47)38-20-9-12-23-43(38)50(46)35-16-5-2-6-17-35/h1-31H/i1D,3D,4D,7D,8D,10D,11D,14D,15D,18D,19D,21D,22D,26D,27D,28D,29D,30D,31D. The van der Waals surface area contributed by atoms with E-state index < -0.39 is 153 Å². The summed E-state index contributed by atoms with van der Waals surface area (Å²) in [5, 5.41) is 0.0357. The molecule has 0 N–H and O–H groups in total. The van der Waals surface area contributed by atoms with Crippen LogP contribution in [0.3, 0.4) is 0 Å². The van der Waals surface area contributed by atoms with E-state index >= 15 is 0 Å². The highest BCUT2D eigenvalue weighted by atomic mass is 15.0. The number of hydrogen-bond acceptors (Lipinski definition) is 0. The molecule has 0 fully saturated rings. The Morgan fingerprint density at radius 1 is 0.333 bits per heavy atom. The van der Waals surface area contributed by atoms with Crippen molar-refractivity contribution < 1.29 is 26.0 Å². The molecule has 11 aromatic rings. The lowest BCUT2D eigenvalue weighted by atomic mass is 10.0. The minimum Gasteiger partial charge on any atom is -0.309 e. The van der Waals surface area contributed by atoms with Gasteiger partial charge in [0.1, 0.15) is 0 Å². The lowest BCUT2D eigenvalue weighted by Crippen LogP contribution is -1.96. The van der Waals surface area contributed by atoms with Crippen LogP contribution in [0.2, 0.25) is 0 Å². The van der Waals surface area contributed by atoms with Gasteiger partial charge in [0.25, 0.3) is 0 Å². The van der Waals surface area contributed by atoms with Crippen molar-refractivity contribution in [2.24, 2.45) is 0 Å². The molecule has 0 saturated heterocycles. The van der Waals surface area contributed by atoms with Gasteiger partial charge in [-0.25, -0.2) is 0 Å². The molecule has 0 spiro atoms. The van der Waals surface area contributed by atoms with E-state index in [9.17, 15) is 11.0 Å². The quantitative estimate of drug-likeness (QED) is 0.177. The van der Waals surface area contributed by atoms with E-state index in [1.807, 2.05) is 65.2 Å². The first-order valence-electron chi connectivity index (χ1n) is 25.5. The molecular weight excluding hydrogens is 619 g/mol. The maximum absolute atomic E-state index is 9.97. The molecule has 0 amide bonds. The monoisotopic (exact) mass is 668 g/mol. The molecule has 3 aromatic heterocycles. The van der Waals surface area contributed by atoms with Gasteiger partial charge in [-0.1, -0.05) is 109 Å². The molecule has 0 aliphatic rings. The number of hydrogen-bond donors (Lipinski definition) is 0. The molecule has 0 atom stereocenters. The van der Waals surface area contributed by atoms with Crippen molar-refractivity contribution in [1.82, 2.24) is 13.7 Å². The van der Waals surface area contributed by atoms with E-state index in [4.69, 9.17) is 15.1 Å². The Balaban J connectivity index is 1.33. The Bertz CT molecular complexity index is 4200. The van der Waals surface area contributed by atoms with Crippen molar-refractivity contribution in [3.8, 4) is 28.2 Å². The maximum atomic E-state index is 9.97. The summed E-state index contributed by atoms with van der Waals surface area (Å²) in [6.07, 6.45) is 0. The molecule has 0 aliphatic heterocycles. The van der Waals surface area contributed by atoms with Gasteiger partial charge in [-0.05, 0) is 89.8 Å². The number of nitrogens with zero attached hydrogens (tertiary/aromatic N) is 3. The van der Waals surface area contributed by atoms with Gasteiger partial charge in [-0.2, -0.15) is 0 Å². The number of fused-ring (bicyclic) bond motifs is 9. The van der Waals surface area contributed by atoms with E-state index in [0.717, 1.165) is 21.2 Å². The topological polar surface area (TPSA) is 14.8 Å². The van der Waals surface area contributed by atoms with Gasteiger partial charge in [-0.15, -0.1) is 0 Å². The predicted molar refractivity (Wildman–Crippen MR) is 215 cm³/mol. The van der Waals surface area contributed by atoms with Crippen LogP contribution in [-0.2, 0) is 0 Å². The van der Waals surface area contributed by atoms with Gasteiger partial charge in [0.2, 0.25) is 0 Å². The van der Waals surface area contributed by atoms with Crippen LogP contribution in [0.1, 0.15) is 26.0 Å². The molecule has 11 rings (SSSR count). The van der Waals surface area contributed by atoms with E-state index in [2.05, 4.69) is 0 Å². The van der Waals surface area contributed by atoms with Crippen LogP contribution in [0.25, 0.3) is 93.6 Å². The van der Waals surface area contributed by atoms with Crippen LogP contribution in [0.4, 0.5) is 0 Å². The minimum absolute atomic E-state index is 0.130. The first-order chi connectivity index (χ1) is 33.3. The summed E-state index contributed by atoms with van der Waals surface area (Å²) in [5.41, 5.74) is -0.433. The van der Waals surface area contributed by atoms with Crippen LogP contribution in [0.5, 0.6) is 0 Å². The predicted octanol–water partition coefficient (Wildman–Crippen LogP) is 12.6. The second-order valence-electron chi connectivity index (χ2n) is 11.9. The van der Waals surface area contributed by atoms with E-state index in [0.29, 0.717) is 16.6 Å². The first-order valence-corrected chi connectivity index (χ1v) is 16.0. The third kappa shape index (κ3) is 4.06. The Labute approximate surface area is 321 Å². The summed E-state index contributed by atoms with van der Waals surface area (Å²) in [6.45, 7) is 0. The fraction of sp³-hybridized carbons (Fsp3) is 0. The molecular formula is C48H31N3. The highest BCUT2D eigenvalue weighted by molar-refractivity contribution is 6.17. The summed E-state index contributed by atoms with van der Waals surface area (Å²) < 4.78 is 177. The summed E-state index contributed by atoms with van der Waals surface area (Å²) in [5.74, 6) is 0. The Kier molecular flexibility index (Phi) is 3.26. The Hall–Kier alpha value is -6.84. The van der Waals surface area contributed by atoms with Crippen LogP contribution in [-0.4, -0.2) is 13.7 Å². The Morgan fingerprint density at radius 3 is 1.61 bits per heavy atom. The molecule has 0 aliphatic carbocycles. The van der Waals surface area contributed by atoms with Gasteiger partial charge in [0.05, 0.1) is 64.8 Å². The highest BCUT2D eigenvalue weighted by Crippen LogP contribution is 2.41. The van der Waals surface area contributed by atoms with Crippen molar-refractivity contribution in [1.29, 1.82) is 0 Å². The van der Waals surface area contributed by atoms with Crippen molar-refractivity contribution in [2.45, 2.75) is 0 Å². The largest absolute Gasteiger partial charge is 0.309 e. The first kappa shape index (κ1) is 15.4. The Morgan fingerprint density at radius 2 is 0.882 bits per heavy atom. The van der Waals surface area contributed by atoms with Gasteiger partial charge in [0, 0.05) is 43.7 Å². The second-order valence-corrected chi connectivity index (χ2v) is 11.9. The summed E-state index contributed by atoms with van der Waals surface area (Å²) in [4.78, 5) is 0. The lowest BCUT2D eigenvalue weighted by molar-refractivity contribution is 1.17. The molecule has 238 valence electrons. The molecule has 0 saturated carbocycles. The zero-order valence-corrected chi connectivity index (χ0v) is 26.3. The van der Waals surface area contributed by atoms with Crippen molar-refractivity contribution >= 4 is 65.4 Å². The van der Waals surface area contributed by atoms with Gasteiger partial charge < -0.3 is 13.7 Å². The number of para-hydroxylation sites is 5. The zero-order chi connectivity index (χ0) is 50.0. The smallest absolute Gasteiger partial charge is 0.0645 e. The normalized spacial score (nSPS) is 17.1. The third-order valence-electron chi connectivity index (χ3n) is 9.21.